The largest absolute Gasteiger partial charge is 0.465 e. The highest BCUT2D eigenvalue weighted by Gasteiger charge is 2.25. The second-order valence-electron chi connectivity index (χ2n) is 4.38. The number of halogens is 4. The van der Waals surface area contributed by atoms with E-state index in [0.717, 1.165) is 6.20 Å². The number of ether oxygens (including phenoxy) is 1. The predicted octanol–water partition coefficient (Wildman–Crippen LogP) is 2.16. The average molecular weight is 304 g/mol. The van der Waals surface area contributed by atoms with E-state index in [1.165, 1.54) is 0 Å². The Morgan fingerprint density at radius 2 is 1.86 bits per heavy atom. The quantitative estimate of drug-likeness (QED) is 0.394. The van der Waals surface area contributed by atoms with Gasteiger partial charge in [-0.05, 0) is 12.5 Å². The average Bonchev–Trinajstić information content (AvgIpc) is 2.86. The van der Waals surface area contributed by atoms with Crippen LogP contribution in [0.25, 0.3) is 10.9 Å². The molecule has 21 heavy (non-hydrogen) atoms. The van der Waals surface area contributed by atoms with E-state index >= 15 is 0 Å². The van der Waals surface area contributed by atoms with Gasteiger partial charge < -0.3 is 15.5 Å². The Morgan fingerprint density at radius 1 is 1.24 bits per heavy atom. The summed E-state index contributed by atoms with van der Waals surface area (Å²) in [4.78, 5) is 13.7. The lowest BCUT2D eigenvalue weighted by Gasteiger charge is -2.10. The molecular weight excluding hydrogens is 292 g/mol. The van der Waals surface area contributed by atoms with Gasteiger partial charge in [-0.2, -0.15) is 0 Å². The van der Waals surface area contributed by atoms with Crippen molar-refractivity contribution in [3.05, 3.63) is 35.0 Å². The number of benzene rings is 1. The lowest BCUT2D eigenvalue weighted by atomic mass is 10.0. The number of rotatable bonds is 4. The molecule has 0 saturated heterocycles. The third-order valence-corrected chi connectivity index (χ3v) is 3.01. The number of hydrogen-bond donors (Lipinski definition) is 2. The van der Waals surface area contributed by atoms with Crippen molar-refractivity contribution in [1.82, 2.24) is 4.98 Å². The molecule has 0 radical (unpaired) electrons. The number of carbonyl (C=O) groups excluding carboxylic acids is 1. The van der Waals surface area contributed by atoms with Crippen molar-refractivity contribution in [3.63, 3.8) is 0 Å². The molecule has 0 aliphatic carbocycles. The normalized spacial score (nSPS) is 12.7. The summed E-state index contributed by atoms with van der Waals surface area (Å²) in [6, 6.07) is -1.13. The number of carbonyl (C=O) groups is 1. The lowest BCUT2D eigenvalue weighted by molar-refractivity contribution is -0.144. The van der Waals surface area contributed by atoms with Crippen LogP contribution in [0.4, 0.5) is 17.6 Å². The molecule has 0 spiro atoms. The summed E-state index contributed by atoms with van der Waals surface area (Å²) in [5, 5.41) is -0.467. The van der Waals surface area contributed by atoms with Crippen LogP contribution in [0.1, 0.15) is 12.5 Å². The van der Waals surface area contributed by atoms with Crippen molar-refractivity contribution in [3.8, 4) is 0 Å². The van der Waals surface area contributed by atoms with E-state index in [1.54, 1.807) is 6.92 Å². The van der Waals surface area contributed by atoms with Gasteiger partial charge in [0.15, 0.2) is 23.3 Å². The molecule has 0 amide bonds. The fourth-order valence-electron chi connectivity index (χ4n) is 2.03. The van der Waals surface area contributed by atoms with Crippen molar-refractivity contribution < 1.29 is 27.1 Å². The van der Waals surface area contributed by atoms with E-state index in [4.69, 9.17) is 5.73 Å². The fourth-order valence-corrected chi connectivity index (χ4v) is 2.03. The van der Waals surface area contributed by atoms with Gasteiger partial charge >= 0.3 is 5.97 Å². The van der Waals surface area contributed by atoms with Gasteiger partial charge in [0.2, 0.25) is 0 Å². The minimum absolute atomic E-state index is 0.0563. The minimum Gasteiger partial charge on any atom is -0.465 e. The number of H-pyrrole nitrogens is 1. The van der Waals surface area contributed by atoms with Crippen LogP contribution >= 0.6 is 0 Å². The monoisotopic (exact) mass is 304 g/mol. The van der Waals surface area contributed by atoms with Gasteiger partial charge in [0, 0.05) is 18.0 Å². The van der Waals surface area contributed by atoms with Gasteiger partial charge in [-0.1, -0.05) is 0 Å². The molecule has 1 aromatic heterocycles. The Kier molecular flexibility index (Phi) is 4.17. The predicted molar refractivity (Wildman–Crippen MR) is 66.4 cm³/mol. The molecule has 0 aliphatic heterocycles. The van der Waals surface area contributed by atoms with E-state index in [9.17, 15) is 22.4 Å². The number of fused-ring (bicyclic) bond motifs is 1. The SMILES string of the molecule is CCOC(=O)C(N)Cc1c[nH]c2c(F)c(F)c(F)c(F)c12. The van der Waals surface area contributed by atoms with Crippen LogP contribution in [0.3, 0.4) is 0 Å². The van der Waals surface area contributed by atoms with Crippen LogP contribution in [0.5, 0.6) is 0 Å². The number of hydrogen-bond acceptors (Lipinski definition) is 3. The lowest BCUT2D eigenvalue weighted by Crippen LogP contribution is -2.34. The third-order valence-electron chi connectivity index (χ3n) is 3.01. The second kappa shape index (κ2) is 5.72. The van der Waals surface area contributed by atoms with E-state index < -0.39 is 46.2 Å². The van der Waals surface area contributed by atoms with Crippen molar-refractivity contribution in [2.24, 2.45) is 5.73 Å². The topological polar surface area (TPSA) is 68.1 Å². The molecule has 4 nitrogen and oxygen atoms in total. The smallest absolute Gasteiger partial charge is 0.323 e. The molecule has 8 heteroatoms. The highest BCUT2D eigenvalue weighted by atomic mass is 19.2. The summed E-state index contributed by atoms with van der Waals surface area (Å²) in [5.74, 6) is -7.60. The zero-order valence-electron chi connectivity index (χ0n) is 11.0. The Bertz CT molecular complexity index is 699. The van der Waals surface area contributed by atoms with Crippen molar-refractivity contribution >= 4 is 16.9 Å². The summed E-state index contributed by atoms with van der Waals surface area (Å²) in [6.45, 7) is 1.70. The van der Waals surface area contributed by atoms with Crippen molar-refractivity contribution in [2.75, 3.05) is 6.61 Å². The fraction of sp³-hybridized carbons (Fsp3) is 0.308. The number of aromatic amines is 1. The third kappa shape index (κ3) is 2.58. The maximum Gasteiger partial charge on any atom is 0.323 e. The minimum atomic E-state index is -1.91. The summed E-state index contributed by atoms with van der Waals surface area (Å²) in [6.07, 6.45) is 0.940. The van der Waals surface area contributed by atoms with E-state index in [2.05, 4.69) is 9.72 Å². The van der Waals surface area contributed by atoms with Gasteiger partial charge in [-0.15, -0.1) is 0 Å². The highest BCUT2D eigenvalue weighted by molar-refractivity contribution is 5.86. The molecule has 3 N–H and O–H groups in total. The maximum absolute atomic E-state index is 13.8. The second-order valence-corrected chi connectivity index (χ2v) is 4.38. The summed E-state index contributed by atoms with van der Waals surface area (Å²) >= 11 is 0. The van der Waals surface area contributed by atoms with Crippen molar-refractivity contribution in [2.45, 2.75) is 19.4 Å². The molecule has 1 atom stereocenters. The van der Waals surface area contributed by atoms with Crippen LogP contribution in [-0.4, -0.2) is 23.6 Å². The van der Waals surface area contributed by atoms with Crippen LogP contribution in [0, 0.1) is 23.3 Å². The number of nitrogens with one attached hydrogen (secondary N) is 1. The molecule has 1 unspecified atom stereocenters. The standard InChI is InChI=1S/C13H12F4N2O2/c1-2-21-13(20)6(18)3-5-4-19-12-7(5)8(14)9(15)10(16)11(12)17/h4,6,19H,2-3,18H2,1H3. The number of esters is 1. The van der Waals surface area contributed by atoms with Crippen LogP contribution < -0.4 is 5.73 Å². The number of nitrogens with two attached hydrogens (primary N) is 1. The summed E-state index contributed by atoms with van der Waals surface area (Å²) < 4.78 is 58.4. The maximum atomic E-state index is 13.8. The first kappa shape index (κ1) is 15.3. The molecule has 2 aromatic rings. The molecule has 1 aromatic carbocycles. The van der Waals surface area contributed by atoms with Gasteiger partial charge in [-0.3, -0.25) is 4.79 Å². The van der Waals surface area contributed by atoms with Gasteiger partial charge in [-0.25, -0.2) is 17.6 Å². The zero-order chi connectivity index (χ0) is 15.7. The van der Waals surface area contributed by atoms with Crippen LogP contribution in [0.15, 0.2) is 6.20 Å². The summed E-state index contributed by atoms with van der Waals surface area (Å²) in [5.41, 5.74) is 5.11. The highest BCUT2D eigenvalue weighted by Crippen LogP contribution is 2.29. The van der Waals surface area contributed by atoms with Crippen molar-refractivity contribution in [1.29, 1.82) is 0 Å². The zero-order valence-corrected chi connectivity index (χ0v) is 11.0. The molecule has 0 aliphatic rings. The van der Waals surface area contributed by atoms with Crippen LogP contribution in [0.2, 0.25) is 0 Å². The Balaban J connectivity index is 2.45. The molecule has 0 bridgehead atoms. The van der Waals surface area contributed by atoms with Gasteiger partial charge in [0.05, 0.1) is 12.1 Å². The molecule has 1 heterocycles. The molecule has 2 rings (SSSR count). The van der Waals surface area contributed by atoms with E-state index in [-0.39, 0.29) is 18.6 Å². The first-order valence-electron chi connectivity index (χ1n) is 6.12. The Labute approximate surface area is 116 Å². The molecular formula is C13H12F4N2O2. The van der Waals surface area contributed by atoms with E-state index in [1.807, 2.05) is 0 Å². The number of aromatic nitrogens is 1. The Morgan fingerprint density at radius 3 is 2.48 bits per heavy atom. The molecule has 0 saturated carbocycles. The first-order valence-corrected chi connectivity index (χ1v) is 6.12. The molecule has 114 valence electrons. The van der Waals surface area contributed by atoms with Gasteiger partial charge in [0.1, 0.15) is 6.04 Å². The van der Waals surface area contributed by atoms with Gasteiger partial charge in [0.25, 0.3) is 0 Å². The van der Waals surface area contributed by atoms with Crippen LogP contribution in [-0.2, 0) is 16.0 Å². The molecule has 0 fully saturated rings. The first-order chi connectivity index (χ1) is 9.88. The van der Waals surface area contributed by atoms with E-state index in [0.29, 0.717) is 0 Å². The Hall–Kier alpha value is -2.09. The summed E-state index contributed by atoms with van der Waals surface area (Å²) in [7, 11) is 0.